The molecule has 0 spiro atoms. The molecule has 1 aliphatic heterocycles. The van der Waals surface area contributed by atoms with Gasteiger partial charge >= 0.3 is 0 Å². The van der Waals surface area contributed by atoms with E-state index in [1.54, 1.807) is 0 Å². The molecule has 0 radical (unpaired) electrons. The molecule has 0 unspecified atom stereocenters. The third kappa shape index (κ3) is 4.21. The Labute approximate surface area is 152 Å². The molecule has 1 fully saturated rings. The van der Waals surface area contributed by atoms with Gasteiger partial charge in [0.25, 0.3) is 0 Å². The summed E-state index contributed by atoms with van der Waals surface area (Å²) in [7, 11) is 0. The maximum atomic E-state index is 12.1. The maximum Gasteiger partial charge on any atom is 0.233 e. The van der Waals surface area contributed by atoms with Gasteiger partial charge in [-0.05, 0) is 31.0 Å². The number of likely N-dealkylation sites (tertiary alicyclic amines) is 1. The molecule has 24 heavy (non-hydrogen) atoms. The summed E-state index contributed by atoms with van der Waals surface area (Å²) in [4.78, 5) is 13.9. The second kappa shape index (κ2) is 7.89. The molecule has 9 heteroatoms. The number of hydrogen-bond donors (Lipinski definition) is 1. The molecular weight excluding hydrogens is 394 g/mol. The lowest BCUT2D eigenvalue weighted by Gasteiger charge is -2.14. The first-order valence-electron chi connectivity index (χ1n) is 7.62. The van der Waals surface area contributed by atoms with Crippen LogP contribution in [0.4, 0.5) is 0 Å². The van der Waals surface area contributed by atoms with Gasteiger partial charge < -0.3 is 15.5 Å². The van der Waals surface area contributed by atoms with Crippen LogP contribution in [0.3, 0.4) is 0 Å². The van der Waals surface area contributed by atoms with Crippen molar-refractivity contribution in [2.45, 2.75) is 24.6 Å². The molecule has 0 aliphatic carbocycles. The van der Waals surface area contributed by atoms with Crippen LogP contribution in [0.2, 0.25) is 0 Å². The third-order valence-corrected chi connectivity index (χ3v) is 5.10. The molecule has 1 aromatic heterocycles. The van der Waals surface area contributed by atoms with Crippen LogP contribution >= 0.6 is 27.7 Å². The smallest absolute Gasteiger partial charge is 0.233 e. The number of halogens is 1. The molecule has 0 bridgehead atoms. The number of carbonyl (C=O) groups is 1. The summed E-state index contributed by atoms with van der Waals surface area (Å²) in [5.41, 5.74) is 0. The fourth-order valence-corrected chi connectivity index (χ4v) is 3.55. The van der Waals surface area contributed by atoms with Crippen LogP contribution in [0, 0.1) is 0 Å². The van der Waals surface area contributed by atoms with Crippen molar-refractivity contribution in [2.75, 3.05) is 24.7 Å². The highest BCUT2D eigenvalue weighted by Crippen LogP contribution is 2.20. The largest absolute Gasteiger partial charge is 0.485 e. The second-order valence-electron chi connectivity index (χ2n) is 5.39. The van der Waals surface area contributed by atoms with E-state index in [9.17, 15) is 4.79 Å². The third-order valence-electron chi connectivity index (χ3n) is 3.68. The minimum atomic E-state index is 0.118. The molecule has 2 aromatic rings. The summed E-state index contributed by atoms with van der Waals surface area (Å²) in [5.74, 6) is 7.65. The van der Waals surface area contributed by atoms with E-state index < -0.39 is 0 Å². The quantitative estimate of drug-likeness (QED) is 0.578. The summed E-state index contributed by atoms with van der Waals surface area (Å²) < 4.78 is 7.97. The molecule has 128 valence electrons. The second-order valence-corrected chi connectivity index (χ2v) is 7.25. The lowest BCUT2D eigenvalue weighted by Crippen LogP contribution is -2.29. The van der Waals surface area contributed by atoms with Gasteiger partial charge in [0.2, 0.25) is 11.1 Å². The molecule has 2 heterocycles. The summed E-state index contributed by atoms with van der Waals surface area (Å²) in [6.07, 6.45) is 2.17. The van der Waals surface area contributed by atoms with Crippen molar-refractivity contribution in [2.24, 2.45) is 0 Å². The van der Waals surface area contributed by atoms with E-state index in [4.69, 9.17) is 10.6 Å². The van der Waals surface area contributed by atoms with E-state index in [-0.39, 0.29) is 12.5 Å². The highest BCUT2D eigenvalue weighted by atomic mass is 79.9. The van der Waals surface area contributed by atoms with Crippen molar-refractivity contribution in [1.82, 2.24) is 19.8 Å². The molecule has 1 aromatic carbocycles. The molecule has 3 rings (SSSR count). The fourth-order valence-electron chi connectivity index (χ4n) is 2.39. The van der Waals surface area contributed by atoms with Gasteiger partial charge in [-0.3, -0.25) is 4.79 Å². The number of rotatable bonds is 6. The molecule has 1 saturated heterocycles. The number of nitrogens with two attached hydrogens (primary N) is 1. The number of aromatic nitrogens is 3. The van der Waals surface area contributed by atoms with Crippen molar-refractivity contribution in [3.8, 4) is 5.75 Å². The zero-order chi connectivity index (χ0) is 16.9. The number of thioether (sulfide) groups is 1. The molecule has 0 atom stereocenters. The van der Waals surface area contributed by atoms with Gasteiger partial charge in [-0.2, -0.15) is 0 Å². The van der Waals surface area contributed by atoms with Crippen molar-refractivity contribution in [3.05, 3.63) is 34.6 Å². The first-order chi connectivity index (χ1) is 11.6. The van der Waals surface area contributed by atoms with Crippen molar-refractivity contribution in [1.29, 1.82) is 0 Å². The fraction of sp³-hybridized carbons (Fsp3) is 0.400. The van der Waals surface area contributed by atoms with Gasteiger partial charge in [-0.25, -0.2) is 4.68 Å². The molecule has 0 saturated carbocycles. The summed E-state index contributed by atoms with van der Waals surface area (Å²) in [6, 6.07) is 7.52. The van der Waals surface area contributed by atoms with Gasteiger partial charge in [-0.15, -0.1) is 10.2 Å². The Morgan fingerprint density at radius 3 is 2.88 bits per heavy atom. The Morgan fingerprint density at radius 2 is 2.12 bits per heavy atom. The number of nitrogens with zero attached hydrogens (tertiary/aromatic N) is 4. The lowest BCUT2D eigenvalue weighted by molar-refractivity contribution is -0.127. The monoisotopic (exact) mass is 411 g/mol. The number of nitrogen functional groups attached to an aromatic ring is 1. The Balaban J connectivity index is 1.54. The highest BCUT2D eigenvalue weighted by Gasteiger charge is 2.19. The zero-order valence-corrected chi connectivity index (χ0v) is 15.4. The Bertz CT molecular complexity index is 718. The number of ether oxygens (including phenoxy) is 1. The predicted octanol–water partition coefficient (Wildman–Crippen LogP) is 2.05. The van der Waals surface area contributed by atoms with E-state index in [1.165, 1.54) is 16.4 Å². The van der Waals surface area contributed by atoms with Crippen LogP contribution in [0.1, 0.15) is 18.7 Å². The predicted molar refractivity (Wildman–Crippen MR) is 95.2 cm³/mol. The molecule has 1 amide bonds. The van der Waals surface area contributed by atoms with Crippen molar-refractivity contribution in [3.63, 3.8) is 0 Å². The number of carbonyl (C=O) groups excluding carboxylic acids is 1. The minimum Gasteiger partial charge on any atom is -0.485 e. The summed E-state index contributed by atoms with van der Waals surface area (Å²) in [6.45, 7) is 1.90. The number of amides is 1. The molecule has 1 aliphatic rings. The lowest BCUT2D eigenvalue weighted by atomic mass is 10.3. The number of benzene rings is 1. The van der Waals surface area contributed by atoms with Crippen LogP contribution in [-0.4, -0.2) is 44.5 Å². The standard InChI is InChI=1S/C15H18BrN5O2S/c16-11-4-3-5-12(8-11)23-9-13-18-19-15(21(13)17)24-10-14(22)20-6-1-2-7-20/h3-5,8H,1-2,6-7,9-10,17H2. The topological polar surface area (TPSA) is 86.3 Å². The Kier molecular flexibility index (Phi) is 5.62. The van der Waals surface area contributed by atoms with E-state index in [2.05, 4.69) is 26.1 Å². The first kappa shape index (κ1) is 17.1. The Hall–Kier alpha value is -1.74. The van der Waals surface area contributed by atoms with Gasteiger partial charge in [0.1, 0.15) is 12.4 Å². The van der Waals surface area contributed by atoms with Crippen LogP contribution in [0.15, 0.2) is 33.9 Å². The van der Waals surface area contributed by atoms with Crippen LogP contribution in [0.25, 0.3) is 0 Å². The van der Waals surface area contributed by atoms with E-state index >= 15 is 0 Å². The maximum absolute atomic E-state index is 12.1. The van der Waals surface area contributed by atoms with Crippen molar-refractivity contribution < 1.29 is 9.53 Å². The number of hydrogen-bond acceptors (Lipinski definition) is 6. The average molecular weight is 412 g/mol. The summed E-state index contributed by atoms with van der Waals surface area (Å²) in [5, 5.41) is 8.58. The SMILES string of the molecule is Nn1c(COc2cccc(Br)c2)nnc1SCC(=O)N1CCCC1. The van der Waals surface area contributed by atoms with Crippen LogP contribution in [0.5, 0.6) is 5.75 Å². The van der Waals surface area contributed by atoms with Crippen LogP contribution < -0.4 is 10.6 Å². The summed E-state index contributed by atoms with van der Waals surface area (Å²) >= 11 is 4.69. The van der Waals surface area contributed by atoms with Gasteiger partial charge in [0.15, 0.2) is 5.82 Å². The highest BCUT2D eigenvalue weighted by molar-refractivity contribution is 9.10. The zero-order valence-electron chi connectivity index (χ0n) is 13.0. The van der Waals surface area contributed by atoms with Crippen molar-refractivity contribution >= 4 is 33.6 Å². The Morgan fingerprint density at radius 1 is 1.33 bits per heavy atom. The molecule has 7 nitrogen and oxygen atoms in total. The molecule has 2 N–H and O–H groups in total. The van der Waals surface area contributed by atoms with Crippen LogP contribution in [-0.2, 0) is 11.4 Å². The van der Waals surface area contributed by atoms with E-state index in [1.807, 2.05) is 29.2 Å². The van der Waals surface area contributed by atoms with E-state index in [0.29, 0.717) is 22.5 Å². The van der Waals surface area contributed by atoms with Gasteiger partial charge in [0, 0.05) is 17.6 Å². The van der Waals surface area contributed by atoms with E-state index in [0.717, 1.165) is 30.4 Å². The van der Waals surface area contributed by atoms with Gasteiger partial charge in [-0.1, -0.05) is 33.8 Å². The minimum absolute atomic E-state index is 0.118. The first-order valence-corrected chi connectivity index (χ1v) is 9.39. The van der Waals surface area contributed by atoms with Gasteiger partial charge in [0.05, 0.1) is 5.75 Å². The average Bonchev–Trinajstić information content (AvgIpc) is 3.21. The normalized spacial score (nSPS) is 14.1. The molecular formula is C15H18BrN5O2S.